The van der Waals surface area contributed by atoms with E-state index in [0.29, 0.717) is 28.8 Å². The van der Waals surface area contributed by atoms with Crippen LogP contribution in [0.2, 0.25) is 0 Å². The molecule has 1 rings (SSSR count). The molecule has 0 aliphatic carbocycles. The fourth-order valence-corrected chi connectivity index (χ4v) is 2.21. The number of nitriles is 1. The van der Waals surface area contributed by atoms with E-state index < -0.39 is 0 Å². The second-order valence-corrected chi connectivity index (χ2v) is 5.37. The van der Waals surface area contributed by atoms with Crippen LogP contribution in [0, 0.1) is 11.3 Å². The van der Waals surface area contributed by atoms with Crippen molar-refractivity contribution in [2.45, 2.75) is 18.6 Å². The maximum Gasteiger partial charge on any atom is 0.234 e. The molecule has 0 saturated heterocycles. The second-order valence-electron chi connectivity index (χ2n) is 3.94. The number of benzene rings is 1. The summed E-state index contributed by atoms with van der Waals surface area (Å²) < 4.78 is 0. The zero-order valence-electron chi connectivity index (χ0n) is 10.3. The molecule has 4 nitrogen and oxygen atoms in total. The molecule has 1 aromatic carbocycles. The number of amides is 1. The van der Waals surface area contributed by atoms with Crippen molar-refractivity contribution in [3.8, 4) is 6.07 Å². The van der Waals surface area contributed by atoms with Crippen LogP contribution in [0.1, 0.15) is 18.9 Å². The zero-order chi connectivity index (χ0) is 13.4. The summed E-state index contributed by atoms with van der Waals surface area (Å²) in [6.45, 7) is 2.70. The standard InChI is InChI=1S/C13H17N3OS/c1-10(5-6-14)18-9-13(17)16-12-4-2-3-11(7-12)8-15/h2-4,7,10H,5-6,9,14H2,1H3,(H,16,17). The number of carbonyl (C=O) groups excluding carboxylic acids is 1. The summed E-state index contributed by atoms with van der Waals surface area (Å²) in [6.07, 6.45) is 0.905. The van der Waals surface area contributed by atoms with E-state index in [1.807, 2.05) is 6.07 Å². The lowest BCUT2D eigenvalue weighted by molar-refractivity contribution is -0.113. The van der Waals surface area contributed by atoms with Gasteiger partial charge >= 0.3 is 0 Å². The monoisotopic (exact) mass is 263 g/mol. The molecule has 96 valence electrons. The third-order valence-electron chi connectivity index (χ3n) is 2.35. The molecule has 0 bridgehead atoms. The molecule has 1 aromatic rings. The van der Waals surface area contributed by atoms with Gasteiger partial charge in [-0.15, -0.1) is 11.8 Å². The number of hydrogen-bond acceptors (Lipinski definition) is 4. The molecule has 1 atom stereocenters. The third kappa shape index (κ3) is 5.21. The zero-order valence-corrected chi connectivity index (χ0v) is 11.2. The van der Waals surface area contributed by atoms with Crippen LogP contribution in [0.25, 0.3) is 0 Å². The molecule has 0 aromatic heterocycles. The number of hydrogen-bond donors (Lipinski definition) is 2. The highest BCUT2D eigenvalue weighted by molar-refractivity contribution is 8.00. The van der Waals surface area contributed by atoms with Crippen molar-refractivity contribution in [3.05, 3.63) is 29.8 Å². The predicted octanol–water partition coefficient (Wildman–Crippen LogP) is 1.97. The van der Waals surface area contributed by atoms with Gasteiger partial charge in [0, 0.05) is 10.9 Å². The summed E-state index contributed by atoms with van der Waals surface area (Å²) in [5.41, 5.74) is 6.64. The summed E-state index contributed by atoms with van der Waals surface area (Å²) in [5.74, 6) is 0.344. The van der Waals surface area contributed by atoms with Crippen LogP contribution in [-0.2, 0) is 4.79 Å². The molecule has 0 saturated carbocycles. The highest BCUT2D eigenvalue weighted by Crippen LogP contribution is 2.15. The molecule has 1 amide bonds. The molecule has 0 spiro atoms. The van der Waals surface area contributed by atoms with E-state index >= 15 is 0 Å². The van der Waals surface area contributed by atoms with Crippen LogP contribution in [0.5, 0.6) is 0 Å². The minimum atomic E-state index is -0.0565. The van der Waals surface area contributed by atoms with E-state index in [-0.39, 0.29) is 5.91 Å². The Morgan fingerprint density at radius 1 is 1.61 bits per heavy atom. The molecule has 0 aliphatic rings. The van der Waals surface area contributed by atoms with Crippen LogP contribution in [0.3, 0.4) is 0 Å². The smallest absolute Gasteiger partial charge is 0.234 e. The molecule has 0 radical (unpaired) electrons. The number of nitrogens with two attached hydrogens (primary N) is 1. The predicted molar refractivity (Wildman–Crippen MR) is 75.4 cm³/mol. The van der Waals surface area contributed by atoms with Gasteiger partial charge < -0.3 is 11.1 Å². The Kier molecular flexibility index (Phi) is 6.26. The molecule has 0 aliphatic heterocycles. The van der Waals surface area contributed by atoms with Gasteiger partial charge in [0.25, 0.3) is 0 Å². The summed E-state index contributed by atoms with van der Waals surface area (Å²) in [5, 5.41) is 11.9. The SMILES string of the molecule is CC(CCN)SCC(=O)Nc1cccc(C#N)c1. The molecular formula is C13H17N3OS. The quantitative estimate of drug-likeness (QED) is 0.822. The van der Waals surface area contributed by atoms with E-state index in [1.165, 1.54) is 0 Å². The van der Waals surface area contributed by atoms with E-state index in [0.717, 1.165) is 6.42 Å². The van der Waals surface area contributed by atoms with E-state index in [4.69, 9.17) is 11.0 Å². The topological polar surface area (TPSA) is 78.9 Å². The lowest BCUT2D eigenvalue weighted by Crippen LogP contribution is -2.17. The van der Waals surface area contributed by atoms with Crippen LogP contribution in [0.4, 0.5) is 5.69 Å². The van der Waals surface area contributed by atoms with Gasteiger partial charge in [-0.1, -0.05) is 13.0 Å². The first kappa shape index (κ1) is 14.6. The maximum atomic E-state index is 11.7. The summed E-state index contributed by atoms with van der Waals surface area (Å²) in [6, 6.07) is 8.92. The molecule has 3 N–H and O–H groups in total. The number of carbonyl (C=O) groups is 1. The Morgan fingerprint density at radius 3 is 3.06 bits per heavy atom. The van der Waals surface area contributed by atoms with Gasteiger partial charge in [-0.3, -0.25) is 4.79 Å². The Morgan fingerprint density at radius 2 is 2.39 bits per heavy atom. The van der Waals surface area contributed by atoms with Gasteiger partial charge in [0.1, 0.15) is 0 Å². The van der Waals surface area contributed by atoms with Crippen LogP contribution in [0.15, 0.2) is 24.3 Å². The third-order valence-corrected chi connectivity index (χ3v) is 3.58. The van der Waals surface area contributed by atoms with Crippen molar-refractivity contribution in [2.75, 3.05) is 17.6 Å². The highest BCUT2D eigenvalue weighted by atomic mass is 32.2. The average molecular weight is 263 g/mol. The Hall–Kier alpha value is -1.51. The van der Waals surface area contributed by atoms with Gasteiger partial charge in [-0.25, -0.2) is 0 Å². The van der Waals surface area contributed by atoms with Gasteiger partial charge in [0.05, 0.1) is 17.4 Å². The van der Waals surface area contributed by atoms with Crippen LogP contribution < -0.4 is 11.1 Å². The minimum absolute atomic E-state index is 0.0565. The summed E-state index contributed by atoms with van der Waals surface area (Å²) in [4.78, 5) is 11.7. The number of rotatable bonds is 6. The first-order valence-electron chi connectivity index (χ1n) is 5.77. The van der Waals surface area contributed by atoms with E-state index in [2.05, 4.69) is 12.2 Å². The van der Waals surface area contributed by atoms with Crippen molar-refractivity contribution in [1.29, 1.82) is 5.26 Å². The minimum Gasteiger partial charge on any atom is -0.330 e. The Balaban J connectivity index is 2.42. The number of nitrogens with one attached hydrogen (secondary N) is 1. The lowest BCUT2D eigenvalue weighted by atomic mass is 10.2. The summed E-state index contributed by atoms with van der Waals surface area (Å²) in [7, 11) is 0. The fourth-order valence-electron chi connectivity index (χ4n) is 1.40. The van der Waals surface area contributed by atoms with Gasteiger partial charge in [-0.05, 0) is 31.2 Å². The van der Waals surface area contributed by atoms with Crippen LogP contribution >= 0.6 is 11.8 Å². The van der Waals surface area contributed by atoms with Gasteiger partial charge in [0.2, 0.25) is 5.91 Å². The van der Waals surface area contributed by atoms with E-state index in [1.54, 1.807) is 36.0 Å². The van der Waals surface area contributed by atoms with Crippen molar-refractivity contribution < 1.29 is 4.79 Å². The van der Waals surface area contributed by atoms with Crippen molar-refractivity contribution in [2.24, 2.45) is 5.73 Å². The number of thioether (sulfide) groups is 1. The molecule has 18 heavy (non-hydrogen) atoms. The molecule has 5 heteroatoms. The molecular weight excluding hydrogens is 246 g/mol. The van der Waals surface area contributed by atoms with Crippen molar-refractivity contribution in [1.82, 2.24) is 0 Å². The fraction of sp³-hybridized carbons (Fsp3) is 0.385. The molecule has 0 fully saturated rings. The molecule has 1 unspecified atom stereocenters. The number of nitrogens with zero attached hydrogens (tertiary/aromatic N) is 1. The second kappa shape index (κ2) is 7.75. The molecule has 0 heterocycles. The van der Waals surface area contributed by atoms with Crippen LogP contribution in [-0.4, -0.2) is 23.5 Å². The highest BCUT2D eigenvalue weighted by Gasteiger charge is 2.07. The average Bonchev–Trinajstić information content (AvgIpc) is 2.37. The Labute approximate surface area is 112 Å². The number of anilines is 1. The van der Waals surface area contributed by atoms with Crippen molar-refractivity contribution in [3.63, 3.8) is 0 Å². The van der Waals surface area contributed by atoms with Crippen molar-refractivity contribution >= 4 is 23.4 Å². The summed E-state index contributed by atoms with van der Waals surface area (Å²) >= 11 is 1.58. The maximum absolute atomic E-state index is 11.7. The van der Waals surface area contributed by atoms with Gasteiger partial charge in [0.15, 0.2) is 0 Å². The Bertz CT molecular complexity index is 442. The first-order valence-corrected chi connectivity index (χ1v) is 6.82. The van der Waals surface area contributed by atoms with E-state index in [9.17, 15) is 4.79 Å². The largest absolute Gasteiger partial charge is 0.330 e. The van der Waals surface area contributed by atoms with Gasteiger partial charge in [-0.2, -0.15) is 5.26 Å². The first-order chi connectivity index (χ1) is 8.65. The lowest BCUT2D eigenvalue weighted by Gasteiger charge is -2.10. The normalized spacial score (nSPS) is 11.6.